The monoisotopic (exact) mass is 237 g/mol. The van der Waals surface area contributed by atoms with Crippen molar-refractivity contribution in [2.75, 3.05) is 44.1 Å². The quantitative estimate of drug-likeness (QED) is 0.789. The second-order valence-corrected chi connectivity index (χ2v) is 4.46. The van der Waals surface area contributed by atoms with Gasteiger partial charge in [0.25, 0.3) is 0 Å². The fourth-order valence-electron chi connectivity index (χ4n) is 1.68. The predicted octanol–water partition coefficient (Wildman–Crippen LogP) is 2.23. The van der Waals surface area contributed by atoms with Crippen molar-refractivity contribution in [3.63, 3.8) is 0 Å². The van der Waals surface area contributed by atoms with Crippen LogP contribution in [0.3, 0.4) is 0 Å². The Hall–Kier alpha value is -1.29. The standard InChI is InChI=1S/C13H23N3O/c1-11(2)10-16(8-9-17-4)13-7-5-6-12(14-3)15-13/h5-7,11H,8-10H2,1-4H3,(H,14,15). The Morgan fingerprint density at radius 3 is 2.76 bits per heavy atom. The zero-order chi connectivity index (χ0) is 12.7. The molecular formula is C13H23N3O. The smallest absolute Gasteiger partial charge is 0.131 e. The first kappa shape index (κ1) is 13.8. The Bertz CT molecular complexity index is 328. The molecule has 0 bridgehead atoms. The van der Waals surface area contributed by atoms with Gasteiger partial charge in [0.15, 0.2) is 0 Å². The van der Waals surface area contributed by atoms with E-state index in [-0.39, 0.29) is 0 Å². The van der Waals surface area contributed by atoms with Crippen molar-refractivity contribution in [2.45, 2.75) is 13.8 Å². The van der Waals surface area contributed by atoms with Gasteiger partial charge in [0, 0.05) is 27.2 Å². The van der Waals surface area contributed by atoms with Crippen molar-refractivity contribution in [3.05, 3.63) is 18.2 Å². The van der Waals surface area contributed by atoms with Gasteiger partial charge in [-0.25, -0.2) is 4.98 Å². The highest BCUT2D eigenvalue weighted by Crippen LogP contribution is 2.15. The van der Waals surface area contributed by atoms with E-state index in [1.54, 1.807) is 7.11 Å². The Morgan fingerprint density at radius 2 is 2.18 bits per heavy atom. The van der Waals surface area contributed by atoms with Crippen molar-refractivity contribution in [3.8, 4) is 0 Å². The Kier molecular flexibility index (Phi) is 5.77. The van der Waals surface area contributed by atoms with Crippen molar-refractivity contribution in [1.82, 2.24) is 4.98 Å². The number of methoxy groups -OCH3 is 1. The summed E-state index contributed by atoms with van der Waals surface area (Å²) in [6.07, 6.45) is 0. The predicted molar refractivity (Wildman–Crippen MR) is 72.7 cm³/mol. The van der Waals surface area contributed by atoms with E-state index in [9.17, 15) is 0 Å². The summed E-state index contributed by atoms with van der Waals surface area (Å²) in [5, 5.41) is 3.06. The zero-order valence-corrected chi connectivity index (χ0v) is 11.2. The molecule has 0 atom stereocenters. The van der Waals surface area contributed by atoms with E-state index in [2.05, 4.69) is 29.0 Å². The van der Waals surface area contributed by atoms with Gasteiger partial charge in [-0.05, 0) is 18.1 Å². The van der Waals surface area contributed by atoms with Crippen LogP contribution in [-0.2, 0) is 4.74 Å². The molecule has 4 heteroatoms. The van der Waals surface area contributed by atoms with Gasteiger partial charge in [0.05, 0.1) is 6.61 Å². The lowest BCUT2D eigenvalue weighted by Gasteiger charge is -2.25. The second kappa shape index (κ2) is 7.12. The van der Waals surface area contributed by atoms with Crippen LogP contribution < -0.4 is 10.2 Å². The number of ether oxygens (including phenoxy) is 1. The SMILES string of the molecule is CNc1cccc(N(CCOC)CC(C)C)n1. The maximum atomic E-state index is 5.15. The molecule has 1 heterocycles. The molecule has 0 aromatic carbocycles. The van der Waals surface area contributed by atoms with Crippen molar-refractivity contribution in [2.24, 2.45) is 5.92 Å². The molecule has 17 heavy (non-hydrogen) atoms. The molecule has 0 aliphatic carbocycles. The third-order valence-corrected chi connectivity index (χ3v) is 2.47. The molecule has 1 aromatic rings. The molecule has 96 valence electrons. The fraction of sp³-hybridized carbons (Fsp3) is 0.615. The lowest BCUT2D eigenvalue weighted by Crippen LogP contribution is -2.31. The fourth-order valence-corrected chi connectivity index (χ4v) is 1.68. The molecule has 0 saturated carbocycles. The minimum Gasteiger partial charge on any atom is -0.383 e. The highest BCUT2D eigenvalue weighted by molar-refractivity contribution is 5.46. The number of hydrogen-bond acceptors (Lipinski definition) is 4. The number of pyridine rings is 1. The summed E-state index contributed by atoms with van der Waals surface area (Å²) >= 11 is 0. The van der Waals surface area contributed by atoms with Gasteiger partial charge in [-0.2, -0.15) is 0 Å². The van der Waals surface area contributed by atoms with Crippen molar-refractivity contribution >= 4 is 11.6 Å². The number of nitrogens with one attached hydrogen (secondary N) is 1. The van der Waals surface area contributed by atoms with Gasteiger partial charge in [-0.1, -0.05) is 19.9 Å². The molecule has 0 radical (unpaired) electrons. The third kappa shape index (κ3) is 4.61. The topological polar surface area (TPSA) is 37.4 Å². The average molecular weight is 237 g/mol. The molecular weight excluding hydrogens is 214 g/mol. The molecule has 0 spiro atoms. The van der Waals surface area contributed by atoms with E-state index in [0.29, 0.717) is 5.92 Å². The lowest BCUT2D eigenvalue weighted by molar-refractivity contribution is 0.204. The van der Waals surface area contributed by atoms with E-state index in [0.717, 1.165) is 31.3 Å². The molecule has 0 amide bonds. The Labute approximate surface area is 104 Å². The van der Waals surface area contributed by atoms with Crippen molar-refractivity contribution < 1.29 is 4.74 Å². The van der Waals surface area contributed by atoms with Crippen LogP contribution in [0.15, 0.2) is 18.2 Å². The Balaban J connectivity index is 2.78. The number of anilines is 2. The van der Waals surface area contributed by atoms with Gasteiger partial charge < -0.3 is 15.0 Å². The van der Waals surface area contributed by atoms with E-state index in [4.69, 9.17) is 4.74 Å². The normalized spacial score (nSPS) is 10.6. The molecule has 1 rings (SSSR count). The summed E-state index contributed by atoms with van der Waals surface area (Å²) in [5.74, 6) is 2.50. The van der Waals surface area contributed by atoms with Crippen LogP contribution in [0.5, 0.6) is 0 Å². The summed E-state index contributed by atoms with van der Waals surface area (Å²) in [6.45, 7) is 7.00. The molecule has 1 N–H and O–H groups in total. The average Bonchev–Trinajstić information content (AvgIpc) is 2.34. The molecule has 0 aliphatic heterocycles. The second-order valence-electron chi connectivity index (χ2n) is 4.46. The largest absolute Gasteiger partial charge is 0.383 e. The van der Waals surface area contributed by atoms with Crippen LogP contribution in [0.4, 0.5) is 11.6 Å². The molecule has 4 nitrogen and oxygen atoms in total. The Morgan fingerprint density at radius 1 is 1.41 bits per heavy atom. The van der Waals surface area contributed by atoms with Crippen LogP contribution in [0.25, 0.3) is 0 Å². The lowest BCUT2D eigenvalue weighted by atomic mass is 10.2. The molecule has 0 saturated heterocycles. The summed E-state index contributed by atoms with van der Waals surface area (Å²) in [4.78, 5) is 6.82. The zero-order valence-electron chi connectivity index (χ0n) is 11.2. The van der Waals surface area contributed by atoms with Gasteiger partial charge in [-0.15, -0.1) is 0 Å². The van der Waals surface area contributed by atoms with Gasteiger partial charge in [-0.3, -0.25) is 0 Å². The molecule has 0 unspecified atom stereocenters. The first-order chi connectivity index (χ1) is 8.17. The third-order valence-electron chi connectivity index (χ3n) is 2.47. The highest BCUT2D eigenvalue weighted by atomic mass is 16.5. The maximum Gasteiger partial charge on any atom is 0.131 e. The van der Waals surface area contributed by atoms with Crippen LogP contribution in [0.2, 0.25) is 0 Å². The highest BCUT2D eigenvalue weighted by Gasteiger charge is 2.09. The van der Waals surface area contributed by atoms with Gasteiger partial charge in [0.1, 0.15) is 11.6 Å². The molecule has 0 aliphatic rings. The first-order valence-corrected chi connectivity index (χ1v) is 6.06. The van der Waals surface area contributed by atoms with Gasteiger partial charge in [0.2, 0.25) is 0 Å². The van der Waals surface area contributed by atoms with Gasteiger partial charge >= 0.3 is 0 Å². The van der Waals surface area contributed by atoms with Crippen molar-refractivity contribution in [1.29, 1.82) is 0 Å². The number of nitrogens with zero attached hydrogens (tertiary/aromatic N) is 2. The maximum absolute atomic E-state index is 5.15. The van der Waals surface area contributed by atoms with E-state index in [1.165, 1.54) is 0 Å². The summed E-state index contributed by atoms with van der Waals surface area (Å²) in [5.41, 5.74) is 0. The minimum absolute atomic E-state index is 0.604. The number of hydrogen-bond donors (Lipinski definition) is 1. The number of aromatic nitrogens is 1. The minimum atomic E-state index is 0.604. The summed E-state index contributed by atoms with van der Waals surface area (Å²) < 4.78 is 5.15. The van der Waals surface area contributed by atoms with E-state index < -0.39 is 0 Å². The van der Waals surface area contributed by atoms with Crippen LogP contribution in [-0.4, -0.2) is 38.8 Å². The van der Waals surface area contributed by atoms with E-state index in [1.807, 2.05) is 25.2 Å². The van der Waals surface area contributed by atoms with E-state index >= 15 is 0 Å². The first-order valence-electron chi connectivity index (χ1n) is 6.06. The molecule has 0 fully saturated rings. The van der Waals surface area contributed by atoms with Crippen LogP contribution in [0, 0.1) is 5.92 Å². The van der Waals surface area contributed by atoms with Crippen LogP contribution in [0.1, 0.15) is 13.8 Å². The summed E-state index contributed by atoms with van der Waals surface area (Å²) in [6, 6.07) is 6.03. The van der Waals surface area contributed by atoms with Crippen LogP contribution >= 0.6 is 0 Å². The molecule has 1 aromatic heterocycles. The summed E-state index contributed by atoms with van der Waals surface area (Å²) in [7, 11) is 3.61. The number of rotatable bonds is 7.